The molecule has 0 aliphatic carbocycles. The molecule has 24 heavy (non-hydrogen) atoms. The van der Waals surface area contributed by atoms with E-state index in [0.29, 0.717) is 0 Å². The van der Waals surface area contributed by atoms with Crippen LogP contribution in [0.25, 0.3) is 0 Å². The smallest absolute Gasteiger partial charge is 0.432 e. The summed E-state index contributed by atoms with van der Waals surface area (Å²) in [6.45, 7) is 4.39. The van der Waals surface area contributed by atoms with Gasteiger partial charge in [0.15, 0.2) is 5.57 Å². The minimum Gasteiger partial charge on any atom is -0.462 e. The molecule has 10 heteroatoms. The van der Waals surface area contributed by atoms with Crippen molar-refractivity contribution in [2.24, 2.45) is 0 Å². The zero-order chi connectivity index (χ0) is 18.3. The fourth-order valence-corrected chi connectivity index (χ4v) is 1.79. The minimum atomic E-state index is -5.02. The first-order valence-electron chi connectivity index (χ1n) is 7.20. The third-order valence-corrected chi connectivity index (χ3v) is 2.76. The van der Waals surface area contributed by atoms with Gasteiger partial charge in [0.05, 0.1) is 19.4 Å². The number of hydrogen-bond acceptors (Lipinski definition) is 6. The van der Waals surface area contributed by atoms with E-state index in [-0.39, 0.29) is 25.6 Å². The summed E-state index contributed by atoms with van der Waals surface area (Å²) < 4.78 is 50.7. The molecule has 0 unspecified atom stereocenters. The highest BCUT2D eigenvalue weighted by molar-refractivity contribution is 6.15. The molecular weight excluding hydrogens is 331 g/mol. The van der Waals surface area contributed by atoms with E-state index in [0.717, 1.165) is 0 Å². The van der Waals surface area contributed by atoms with Gasteiger partial charge < -0.3 is 14.8 Å². The highest BCUT2D eigenvalue weighted by Crippen LogP contribution is 2.30. The van der Waals surface area contributed by atoms with Crippen LogP contribution in [-0.4, -0.2) is 41.1 Å². The lowest BCUT2D eigenvalue weighted by molar-refractivity contribution is -0.148. The van der Waals surface area contributed by atoms with Crippen molar-refractivity contribution >= 4 is 17.8 Å². The van der Waals surface area contributed by atoms with Gasteiger partial charge in [-0.15, -0.1) is 0 Å². The predicted octanol–water partition coefficient (Wildman–Crippen LogP) is 2.26. The minimum absolute atomic E-state index is 0.0316. The molecule has 1 heterocycles. The number of carbonyl (C=O) groups excluding carboxylic acids is 2. The average Bonchev–Trinajstić information content (AvgIpc) is 2.93. The van der Waals surface area contributed by atoms with Crippen LogP contribution in [0.3, 0.4) is 0 Å². The Bertz CT molecular complexity index is 603. The molecule has 0 amide bonds. The second-order valence-corrected chi connectivity index (χ2v) is 4.35. The highest BCUT2D eigenvalue weighted by atomic mass is 19.4. The molecule has 0 bridgehead atoms. The molecule has 1 aromatic rings. The molecular formula is C14H18F3N3O4. The second-order valence-electron chi connectivity index (χ2n) is 4.35. The maximum atomic E-state index is 13.4. The van der Waals surface area contributed by atoms with Crippen molar-refractivity contribution in [2.75, 3.05) is 18.5 Å². The van der Waals surface area contributed by atoms with Gasteiger partial charge in [0.2, 0.25) is 0 Å². The zero-order valence-corrected chi connectivity index (χ0v) is 13.4. The van der Waals surface area contributed by atoms with Crippen molar-refractivity contribution in [2.45, 2.75) is 33.5 Å². The summed E-state index contributed by atoms with van der Waals surface area (Å²) in [4.78, 5) is 23.8. The van der Waals surface area contributed by atoms with Gasteiger partial charge in [0, 0.05) is 12.6 Å². The molecule has 0 aliphatic rings. The van der Waals surface area contributed by atoms with E-state index in [1.54, 1.807) is 6.92 Å². The van der Waals surface area contributed by atoms with Gasteiger partial charge in [-0.25, -0.2) is 14.3 Å². The molecule has 1 aromatic heterocycles. The Morgan fingerprint density at radius 3 is 2.12 bits per heavy atom. The number of esters is 2. The Labute approximate surface area is 136 Å². The molecule has 0 radical (unpaired) electrons. The first-order valence-corrected chi connectivity index (χ1v) is 7.20. The summed E-state index contributed by atoms with van der Waals surface area (Å²) in [6.07, 6.45) is -3.73. The molecule has 0 saturated heterocycles. The Morgan fingerprint density at radius 1 is 1.17 bits per heavy atom. The Hall–Kier alpha value is -2.52. The first kappa shape index (κ1) is 19.5. The number of hydrogen-bond donors (Lipinski definition) is 1. The van der Waals surface area contributed by atoms with Crippen LogP contribution in [0.5, 0.6) is 0 Å². The number of ether oxygens (including phenoxy) is 2. The molecule has 134 valence electrons. The van der Waals surface area contributed by atoms with Crippen LogP contribution in [0.1, 0.15) is 20.8 Å². The third-order valence-electron chi connectivity index (χ3n) is 2.76. The van der Waals surface area contributed by atoms with E-state index < -0.39 is 29.4 Å². The number of allylic oxidation sites excluding steroid dienone is 1. The van der Waals surface area contributed by atoms with Crippen molar-refractivity contribution in [3.05, 3.63) is 23.5 Å². The molecule has 0 aromatic carbocycles. The second kappa shape index (κ2) is 8.37. The monoisotopic (exact) mass is 349 g/mol. The Morgan fingerprint density at radius 2 is 1.71 bits per heavy atom. The molecule has 0 fully saturated rings. The number of nitrogens with zero attached hydrogens (tertiary/aromatic N) is 2. The number of aryl methyl sites for hydroxylation is 1. The summed E-state index contributed by atoms with van der Waals surface area (Å²) in [7, 11) is 0. The number of anilines is 1. The standard InChI is InChI=1S/C14H18F3N3O4/c1-4-20-9(7-8-18-20)19-11(14(15,16)17)10(12(21)23-5-2)13(22)24-6-3/h7-8,19H,4-6H2,1-3H3. The van der Waals surface area contributed by atoms with Crippen LogP contribution in [-0.2, 0) is 25.6 Å². The van der Waals surface area contributed by atoms with Crippen LogP contribution in [0, 0.1) is 0 Å². The van der Waals surface area contributed by atoms with Crippen LogP contribution in [0.15, 0.2) is 23.5 Å². The van der Waals surface area contributed by atoms with Gasteiger partial charge in [0.1, 0.15) is 11.5 Å². The van der Waals surface area contributed by atoms with Gasteiger partial charge >= 0.3 is 18.1 Å². The summed E-state index contributed by atoms with van der Waals surface area (Å²) >= 11 is 0. The molecule has 0 atom stereocenters. The van der Waals surface area contributed by atoms with Crippen molar-refractivity contribution < 1.29 is 32.2 Å². The molecule has 0 saturated carbocycles. The number of aromatic nitrogens is 2. The number of nitrogens with one attached hydrogen (secondary N) is 1. The van der Waals surface area contributed by atoms with Gasteiger partial charge in [-0.3, -0.25) is 0 Å². The van der Waals surface area contributed by atoms with E-state index in [2.05, 4.69) is 19.9 Å². The van der Waals surface area contributed by atoms with Crippen molar-refractivity contribution in [1.82, 2.24) is 9.78 Å². The molecule has 1 N–H and O–H groups in total. The molecule has 0 aliphatic heterocycles. The van der Waals surface area contributed by atoms with Crippen LogP contribution in [0.2, 0.25) is 0 Å². The fourth-order valence-electron chi connectivity index (χ4n) is 1.79. The van der Waals surface area contributed by atoms with E-state index >= 15 is 0 Å². The summed E-state index contributed by atoms with van der Waals surface area (Å²) in [5.74, 6) is -2.87. The maximum Gasteiger partial charge on any atom is 0.432 e. The van der Waals surface area contributed by atoms with Crippen molar-refractivity contribution in [3.8, 4) is 0 Å². The molecule has 0 spiro atoms. The van der Waals surface area contributed by atoms with Crippen LogP contribution in [0.4, 0.5) is 19.0 Å². The summed E-state index contributed by atoms with van der Waals surface area (Å²) in [5.41, 5.74) is -2.80. The fraction of sp³-hybridized carbons (Fsp3) is 0.500. The van der Waals surface area contributed by atoms with Gasteiger partial charge in [-0.1, -0.05) is 0 Å². The highest BCUT2D eigenvalue weighted by Gasteiger charge is 2.42. The van der Waals surface area contributed by atoms with Gasteiger partial charge in [0.25, 0.3) is 0 Å². The summed E-state index contributed by atoms with van der Waals surface area (Å²) in [6, 6.07) is 1.28. The topological polar surface area (TPSA) is 82.5 Å². The van der Waals surface area contributed by atoms with E-state index in [1.807, 2.05) is 0 Å². The summed E-state index contributed by atoms with van der Waals surface area (Å²) in [5, 5.41) is 5.87. The predicted molar refractivity (Wildman–Crippen MR) is 77.9 cm³/mol. The lowest BCUT2D eigenvalue weighted by Crippen LogP contribution is -2.30. The van der Waals surface area contributed by atoms with E-state index in [1.165, 1.54) is 30.8 Å². The molecule has 7 nitrogen and oxygen atoms in total. The lowest BCUT2D eigenvalue weighted by Gasteiger charge is -2.18. The van der Waals surface area contributed by atoms with E-state index in [4.69, 9.17) is 0 Å². The first-order chi connectivity index (χ1) is 11.3. The van der Waals surface area contributed by atoms with Crippen molar-refractivity contribution in [1.29, 1.82) is 0 Å². The zero-order valence-electron chi connectivity index (χ0n) is 13.4. The number of carbonyl (C=O) groups is 2. The van der Waals surface area contributed by atoms with Crippen LogP contribution >= 0.6 is 0 Å². The number of alkyl halides is 3. The number of halogens is 3. The van der Waals surface area contributed by atoms with Gasteiger partial charge in [-0.2, -0.15) is 18.3 Å². The third kappa shape index (κ3) is 4.74. The van der Waals surface area contributed by atoms with Crippen molar-refractivity contribution in [3.63, 3.8) is 0 Å². The van der Waals surface area contributed by atoms with Gasteiger partial charge in [-0.05, 0) is 20.8 Å². The Balaban J connectivity index is 3.45. The Kier molecular flexibility index (Phi) is 6.81. The normalized spacial score (nSPS) is 10.9. The maximum absolute atomic E-state index is 13.4. The average molecular weight is 349 g/mol. The van der Waals surface area contributed by atoms with E-state index in [9.17, 15) is 22.8 Å². The number of rotatable bonds is 7. The SMILES string of the molecule is CCOC(=O)C(C(=O)OCC)=C(Nc1ccnn1CC)C(F)(F)F. The van der Waals surface area contributed by atoms with Crippen LogP contribution < -0.4 is 5.32 Å². The largest absolute Gasteiger partial charge is 0.462 e. The quantitative estimate of drug-likeness (QED) is 0.352. The molecule has 1 rings (SSSR count). The lowest BCUT2D eigenvalue weighted by atomic mass is 10.2.